The number of hydrogen-bond acceptors (Lipinski definition) is 2. The molecule has 0 atom stereocenters. The van der Waals surface area contributed by atoms with Crippen molar-refractivity contribution >= 4 is 11.6 Å². The van der Waals surface area contributed by atoms with E-state index in [0.29, 0.717) is 16.8 Å². The van der Waals surface area contributed by atoms with Crippen LogP contribution in [0.15, 0.2) is 36.4 Å². The molecule has 21 heavy (non-hydrogen) atoms. The zero-order chi connectivity index (χ0) is 14.8. The van der Waals surface area contributed by atoms with Gasteiger partial charge in [0, 0.05) is 12.6 Å². The van der Waals surface area contributed by atoms with Crippen molar-refractivity contribution in [3.05, 3.63) is 58.1 Å². The summed E-state index contributed by atoms with van der Waals surface area (Å²) >= 11 is 6.35. The van der Waals surface area contributed by atoms with Crippen LogP contribution in [-0.2, 0) is 6.54 Å². The third kappa shape index (κ3) is 3.58. The van der Waals surface area contributed by atoms with Crippen molar-refractivity contribution in [1.82, 2.24) is 5.32 Å². The first-order chi connectivity index (χ1) is 10.1. The molecule has 110 valence electrons. The molecule has 0 aliphatic heterocycles. The fraction of sp³-hybridized carbons (Fsp3) is 0.333. The Hall–Kier alpha value is -1.51. The first-order valence-electron chi connectivity index (χ1n) is 7.39. The highest BCUT2D eigenvalue weighted by atomic mass is 35.5. The Balaban J connectivity index is 1.74. The molecule has 3 rings (SSSR count). The highest BCUT2D eigenvalue weighted by molar-refractivity contribution is 6.32. The Morgan fingerprint density at radius 2 is 1.95 bits per heavy atom. The summed E-state index contributed by atoms with van der Waals surface area (Å²) in [6.45, 7) is 5.01. The Labute approximate surface area is 131 Å². The molecule has 1 aliphatic rings. The van der Waals surface area contributed by atoms with Gasteiger partial charge in [0.05, 0.1) is 5.02 Å². The number of aryl methyl sites for hydroxylation is 1. The lowest BCUT2D eigenvalue weighted by atomic mass is 10.1. The van der Waals surface area contributed by atoms with E-state index in [-0.39, 0.29) is 0 Å². The van der Waals surface area contributed by atoms with Crippen molar-refractivity contribution in [2.24, 2.45) is 0 Å². The highest BCUT2D eigenvalue weighted by Crippen LogP contribution is 2.32. The average Bonchev–Trinajstić information content (AvgIpc) is 3.28. The predicted octanol–water partition coefficient (Wildman–Crippen LogP) is 5.00. The third-order valence-corrected chi connectivity index (χ3v) is 4.24. The highest BCUT2D eigenvalue weighted by Gasteiger charge is 2.20. The van der Waals surface area contributed by atoms with Crippen molar-refractivity contribution in [3.8, 4) is 11.5 Å². The minimum Gasteiger partial charge on any atom is -0.456 e. The maximum absolute atomic E-state index is 6.35. The lowest BCUT2D eigenvalue weighted by Crippen LogP contribution is -2.15. The minimum absolute atomic E-state index is 0.658. The van der Waals surface area contributed by atoms with Gasteiger partial charge in [-0.2, -0.15) is 0 Å². The van der Waals surface area contributed by atoms with Crippen molar-refractivity contribution < 1.29 is 4.74 Å². The molecule has 3 heteroatoms. The van der Waals surface area contributed by atoms with Gasteiger partial charge in [-0.15, -0.1) is 0 Å². The van der Waals surface area contributed by atoms with Crippen molar-refractivity contribution in [2.75, 3.05) is 0 Å². The van der Waals surface area contributed by atoms with Crippen molar-refractivity contribution in [1.29, 1.82) is 0 Å². The maximum atomic E-state index is 6.35. The molecule has 2 aromatic rings. The van der Waals surface area contributed by atoms with Crippen LogP contribution in [0.5, 0.6) is 11.5 Å². The number of halogens is 1. The van der Waals surface area contributed by atoms with Gasteiger partial charge in [0.1, 0.15) is 11.5 Å². The van der Waals surface area contributed by atoms with Crippen LogP contribution in [0.4, 0.5) is 0 Å². The van der Waals surface area contributed by atoms with Gasteiger partial charge in [-0.25, -0.2) is 0 Å². The van der Waals surface area contributed by atoms with Crippen LogP contribution in [0.2, 0.25) is 5.02 Å². The van der Waals surface area contributed by atoms with E-state index in [2.05, 4.69) is 31.3 Å². The van der Waals surface area contributed by atoms with Gasteiger partial charge in [0.2, 0.25) is 0 Å². The molecular weight excluding hydrogens is 282 g/mol. The first kappa shape index (κ1) is 14.4. The van der Waals surface area contributed by atoms with Gasteiger partial charge in [-0.05, 0) is 61.6 Å². The smallest absolute Gasteiger partial charge is 0.146 e. The number of ether oxygens (including phenoxy) is 1. The van der Waals surface area contributed by atoms with Crippen LogP contribution in [0, 0.1) is 13.8 Å². The van der Waals surface area contributed by atoms with Crippen LogP contribution in [-0.4, -0.2) is 6.04 Å². The Kier molecular flexibility index (Phi) is 4.18. The van der Waals surface area contributed by atoms with Crippen LogP contribution in [0.25, 0.3) is 0 Å². The Morgan fingerprint density at radius 3 is 2.67 bits per heavy atom. The van der Waals surface area contributed by atoms with E-state index in [9.17, 15) is 0 Å². The molecule has 0 amide bonds. The van der Waals surface area contributed by atoms with Crippen LogP contribution in [0.3, 0.4) is 0 Å². The molecule has 0 saturated heterocycles. The Bertz CT molecular complexity index is 650. The Morgan fingerprint density at radius 1 is 1.14 bits per heavy atom. The zero-order valence-corrected chi connectivity index (χ0v) is 13.2. The average molecular weight is 302 g/mol. The van der Waals surface area contributed by atoms with Gasteiger partial charge in [0.25, 0.3) is 0 Å². The van der Waals surface area contributed by atoms with E-state index in [4.69, 9.17) is 16.3 Å². The second kappa shape index (κ2) is 6.08. The van der Waals surface area contributed by atoms with E-state index < -0.39 is 0 Å². The molecule has 0 unspecified atom stereocenters. The van der Waals surface area contributed by atoms with Gasteiger partial charge < -0.3 is 10.1 Å². The molecule has 0 bridgehead atoms. The molecule has 0 aromatic heterocycles. The van der Waals surface area contributed by atoms with E-state index in [1.165, 1.54) is 24.0 Å². The van der Waals surface area contributed by atoms with E-state index in [1.54, 1.807) is 0 Å². The zero-order valence-electron chi connectivity index (χ0n) is 12.4. The summed E-state index contributed by atoms with van der Waals surface area (Å²) in [5.74, 6) is 1.57. The summed E-state index contributed by atoms with van der Waals surface area (Å²) in [6, 6.07) is 12.8. The molecule has 1 fully saturated rings. The fourth-order valence-corrected chi connectivity index (χ4v) is 2.48. The van der Waals surface area contributed by atoms with E-state index >= 15 is 0 Å². The summed E-state index contributed by atoms with van der Waals surface area (Å²) in [7, 11) is 0. The molecule has 0 heterocycles. The molecule has 2 nitrogen and oxygen atoms in total. The second-order valence-corrected chi connectivity index (χ2v) is 6.13. The summed E-state index contributed by atoms with van der Waals surface area (Å²) < 4.78 is 5.96. The van der Waals surface area contributed by atoms with Gasteiger partial charge in [-0.1, -0.05) is 29.8 Å². The lowest BCUT2D eigenvalue weighted by Gasteiger charge is -2.12. The minimum atomic E-state index is 0.658. The summed E-state index contributed by atoms with van der Waals surface area (Å²) in [5, 5.41) is 4.14. The molecule has 0 spiro atoms. The third-order valence-electron chi connectivity index (χ3n) is 3.94. The molecule has 1 N–H and O–H groups in total. The van der Waals surface area contributed by atoms with Crippen LogP contribution >= 0.6 is 11.6 Å². The quantitative estimate of drug-likeness (QED) is 0.839. The molecule has 2 aromatic carbocycles. The number of nitrogens with one attached hydrogen (secondary N) is 1. The SMILES string of the molecule is Cc1cccc(Oc2ccc(CNC3CC3)cc2Cl)c1C. The van der Waals surface area contributed by atoms with Crippen molar-refractivity contribution in [2.45, 2.75) is 39.3 Å². The first-order valence-corrected chi connectivity index (χ1v) is 7.77. The van der Waals surface area contributed by atoms with Crippen LogP contribution < -0.4 is 10.1 Å². The van der Waals surface area contributed by atoms with Crippen LogP contribution in [0.1, 0.15) is 29.5 Å². The molecule has 1 saturated carbocycles. The summed E-state index contributed by atoms with van der Waals surface area (Å²) in [4.78, 5) is 0. The molecule has 1 aliphatic carbocycles. The monoisotopic (exact) mass is 301 g/mol. The van der Waals surface area contributed by atoms with Gasteiger partial charge in [0.15, 0.2) is 0 Å². The summed E-state index contributed by atoms with van der Waals surface area (Å²) in [6.07, 6.45) is 2.59. The number of benzene rings is 2. The predicted molar refractivity (Wildman–Crippen MR) is 87.3 cm³/mol. The number of hydrogen-bond donors (Lipinski definition) is 1. The maximum Gasteiger partial charge on any atom is 0.146 e. The van der Waals surface area contributed by atoms with Gasteiger partial charge >= 0.3 is 0 Å². The standard InChI is InChI=1S/C18H20ClNO/c1-12-4-3-5-17(13(12)2)21-18-9-6-14(10-16(18)19)11-20-15-7-8-15/h3-6,9-10,15,20H,7-8,11H2,1-2H3. The van der Waals surface area contributed by atoms with E-state index in [0.717, 1.165) is 17.9 Å². The largest absolute Gasteiger partial charge is 0.456 e. The van der Waals surface area contributed by atoms with Crippen molar-refractivity contribution in [3.63, 3.8) is 0 Å². The normalized spacial score (nSPS) is 14.2. The van der Waals surface area contributed by atoms with E-state index in [1.807, 2.05) is 24.3 Å². The topological polar surface area (TPSA) is 21.3 Å². The van der Waals surface area contributed by atoms with Gasteiger partial charge in [-0.3, -0.25) is 0 Å². The fourth-order valence-electron chi connectivity index (χ4n) is 2.24. The number of rotatable bonds is 5. The lowest BCUT2D eigenvalue weighted by molar-refractivity contribution is 0.478. The molecular formula is C18H20ClNO. The summed E-state index contributed by atoms with van der Waals surface area (Å²) in [5.41, 5.74) is 3.56. The molecule has 0 radical (unpaired) electrons. The second-order valence-electron chi connectivity index (χ2n) is 5.72.